The third-order valence-electron chi connectivity index (χ3n) is 2.89. The number of thioether (sulfide) groups is 1. The van der Waals surface area contributed by atoms with Crippen molar-refractivity contribution in [2.45, 2.75) is 25.3 Å². The topological polar surface area (TPSA) is 58.8 Å². The van der Waals surface area contributed by atoms with Crippen molar-refractivity contribution in [3.8, 4) is 11.8 Å². The number of nitrogens with zero attached hydrogens (tertiary/aromatic N) is 3. The maximum absolute atomic E-state index is 12.8. The number of hydrogen-bond acceptors (Lipinski definition) is 5. The number of halogens is 1. The first kappa shape index (κ1) is 16.2. The zero-order valence-electron chi connectivity index (χ0n) is 12.5. The maximum Gasteiger partial charge on any atom is 0.126 e. The van der Waals surface area contributed by atoms with Crippen molar-refractivity contribution >= 4 is 11.8 Å². The first-order chi connectivity index (χ1) is 10.6. The van der Waals surface area contributed by atoms with Crippen LogP contribution in [0.25, 0.3) is 0 Å². The Morgan fingerprint density at radius 1 is 1.23 bits per heavy atom. The van der Waals surface area contributed by atoms with E-state index in [0.29, 0.717) is 34.5 Å². The SMILES string of the molecule is Cc1nc(C)c(C#N)c(SCCCOc2ccc(F)cc2)n1. The van der Waals surface area contributed by atoms with E-state index < -0.39 is 0 Å². The van der Waals surface area contributed by atoms with Gasteiger partial charge >= 0.3 is 0 Å². The van der Waals surface area contributed by atoms with E-state index in [0.717, 1.165) is 12.2 Å². The fourth-order valence-corrected chi connectivity index (χ4v) is 2.85. The zero-order valence-corrected chi connectivity index (χ0v) is 13.3. The predicted octanol–water partition coefficient (Wildman–Crippen LogP) is 3.67. The Labute approximate surface area is 133 Å². The fraction of sp³-hybridized carbons (Fsp3) is 0.312. The number of aromatic nitrogens is 2. The summed E-state index contributed by atoms with van der Waals surface area (Å²) >= 11 is 1.52. The smallest absolute Gasteiger partial charge is 0.126 e. The Morgan fingerprint density at radius 3 is 2.64 bits per heavy atom. The average Bonchev–Trinajstić information content (AvgIpc) is 2.48. The Bertz CT molecular complexity index is 683. The van der Waals surface area contributed by atoms with Crippen molar-refractivity contribution in [1.82, 2.24) is 9.97 Å². The summed E-state index contributed by atoms with van der Waals surface area (Å²) in [5.41, 5.74) is 1.25. The highest BCUT2D eigenvalue weighted by Crippen LogP contribution is 2.22. The minimum absolute atomic E-state index is 0.276. The van der Waals surface area contributed by atoms with Crippen molar-refractivity contribution in [1.29, 1.82) is 5.26 Å². The summed E-state index contributed by atoms with van der Waals surface area (Å²) in [7, 11) is 0. The van der Waals surface area contributed by atoms with Crippen LogP contribution in [0.3, 0.4) is 0 Å². The normalized spacial score (nSPS) is 10.3. The van der Waals surface area contributed by atoms with Gasteiger partial charge in [0, 0.05) is 5.75 Å². The maximum atomic E-state index is 12.8. The molecule has 0 saturated carbocycles. The fourth-order valence-electron chi connectivity index (χ4n) is 1.86. The van der Waals surface area contributed by atoms with Gasteiger partial charge in [-0.2, -0.15) is 5.26 Å². The number of ether oxygens (including phenoxy) is 1. The lowest BCUT2D eigenvalue weighted by atomic mass is 10.3. The van der Waals surface area contributed by atoms with E-state index in [2.05, 4.69) is 16.0 Å². The van der Waals surface area contributed by atoms with Gasteiger partial charge in [0.25, 0.3) is 0 Å². The van der Waals surface area contributed by atoms with E-state index in [1.54, 1.807) is 12.1 Å². The summed E-state index contributed by atoms with van der Waals surface area (Å²) < 4.78 is 18.3. The minimum Gasteiger partial charge on any atom is -0.494 e. The number of aryl methyl sites for hydroxylation is 2. The summed E-state index contributed by atoms with van der Waals surface area (Å²) in [5, 5.41) is 9.88. The molecule has 2 aromatic rings. The van der Waals surface area contributed by atoms with Crippen molar-refractivity contribution < 1.29 is 9.13 Å². The molecule has 0 radical (unpaired) electrons. The molecule has 1 heterocycles. The van der Waals surface area contributed by atoms with Gasteiger partial charge in [-0.05, 0) is 44.5 Å². The Balaban J connectivity index is 1.82. The number of benzene rings is 1. The molecule has 6 heteroatoms. The van der Waals surface area contributed by atoms with Gasteiger partial charge in [0.2, 0.25) is 0 Å². The molecule has 22 heavy (non-hydrogen) atoms. The van der Waals surface area contributed by atoms with Crippen LogP contribution in [0.2, 0.25) is 0 Å². The lowest BCUT2D eigenvalue weighted by molar-refractivity contribution is 0.318. The highest BCUT2D eigenvalue weighted by molar-refractivity contribution is 7.99. The molecule has 2 rings (SSSR count). The van der Waals surface area contributed by atoms with Crippen molar-refractivity contribution in [2.75, 3.05) is 12.4 Å². The van der Waals surface area contributed by atoms with Gasteiger partial charge in [-0.25, -0.2) is 14.4 Å². The molecule has 0 aliphatic carbocycles. The molecule has 4 nitrogen and oxygen atoms in total. The van der Waals surface area contributed by atoms with E-state index >= 15 is 0 Å². The van der Waals surface area contributed by atoms with Crippen molar-refractivity contribution in [3.63, 3.8) is 0 Å². The second-order valence-electron chi connectivity index (χ2n) is 4.65. The first-order valence-corrected chi connectivity index (χ1v) is 7.85. The second kappa shape index (κ2) is 7.76. The first-order valence-electron chi connectivity index (χ1n) is 6.86. The van der Waals surface area contributed by atoms with Crippen molar-refractivity contribution in [2.24, 2.45) is 0 Å². The number of rotatable bonds is 6. The van der Waals surface area contributed by atoms with Crippen LogP contribution >= 0.6 is 11.8 Å². The van der Waals surface area contributed by atoms with Crippen LogP contribution in [-0.2, 0) is 0 Å². The largest absolute Gasteiger partial charge is 0.494 e. The third kappa shape index (κ3) is 4.43. The highest BCUT2D eigenvalue weighted by Gasteiger charge is 2.10. The Kier molecular flexibility index (Phi) is 5.73. The summed E-state index contributed by atoms with van der Waals surface area (Å²) in [6.07, 6.45) is 0.801. The standard InChI is InChI=1S/C16H16FN3OS/c1-11-15(10-18)16(20-12(2)19-11)22-9-3-8-21-14-6-4-13(17)5-7-14/h4-7H,3,8-9H2,1-2H3. The molecule has 0 spiro atoms. The molecule has 0 fully saturated rings. The molecule has 1 aromatic carbocycles. The lowest BCUT2D eigenvalue weighted by Crippen LogP contribution is -2.01. The van der Waals surface area contributed by atoms with Gasteiger partial charge in [0.1, 0.15) is 34.0 Å². The van der Waals surface area contributed by atoms with Gasteiger partial charge in [-0.15, -0.1) is 11.8 Å². The van der Waals surface area contributed by atoms with E-state index in [1.165, 1.54) is 23.9 Å². The average molecular weight is 317 g/mol. The van der Waals surface area contributed by atoms with Crippen LogP contribution in [0, 0.1) is 31.0 Å². The number of hydrogen-bond donors (Lipinski definition) is 0. The molecule has 0 bridgehead atoms. The molecule has 0 unspecified atom stereocenters. The second-order valence-corrected chi connectivity index (χ2v) is 5.74. The van der Waals surface area contributed by atoms with Crippen LogP contribution < -0.4 is 4.74 Å². The summed E-state index contributed by atoms with van der Waals surface area (Å²) in [4.78, 5) is 8.51. The molecule has 0 atom stereocenters. The Morgan fingerprint density at radius 2 is 1.95 bits per heavy atom. The van der Waals surface area contributed by atoms with Crippen LogP contribution in [-0.4, -0.2) is 22.3 Å². The zero-order chi connectivity index (χ0) is 15.9. The number of nitriles is 1. The monoisotopic (exact) mass is 317 g/mol. The minimum atomic E-state index is -0.276. The van der Waals surface area contributed by atoms with Gasteiger partial charge in [0.15, 0.2) is 0 Å². The van der Waals surface area contributed by atoms with Gasteiger partial charge in [-0.3, -0.25) is 0 Å². The van der Waals surface area contributed by atoms with E-state index in [1.807, 2.05) is 13.8 Å². The molecule has 1 aromatic heterocycles. The van der Waals surface area contributed by atoms with E-state index in [-0.39, 0.29) is 5.82 Å². The van der Waals surface area contributed by atoms with Crippen LogP contribution in [0.15, 0.2) is 29.3 Å². The molecule has 0 aliphatic heterocycles. The molecule has 0 saturated heterocycles. The van der Waals surface area contributed by atoms with Gasteiger partial charge in [0.05, 0.1) is 12.3 Å². The van der Waals surface area contributed by atoms with Crippen LogP contribution in [0.5, 0.6) is 5.75 Å². The molecule has 0 N–H and O–H groups in total. The van der Waals surface area contributed by atoms with E-state index in [4.69, 9.17) is 10.00 Å². The molecule has 0 aliphatic rings. The summed E-state index contributed by atoms with van der Waals surface area (Å²) in [6.45, 7) is 4.16. The van der Waals surface area contributed by atoms with E-state index in [9.17, 15) is 4.39 Å². The van der Waals surface area contributed by atoms with Crippen LogP contribution in [0.1, 0.15) is 23.5 Å². The molecule has 114 valence electrons. The van der Waals surface area contributed by atoms with Crippen LogP contribution in [0.4, 0.5) is 4.39 Å². The summed E-state index contributed by atoms with van der Waals surface area (Å²) in [6, 6.07) is 8.10. The highest BCUT2D eigenvalue weighted by atomic mass is 32.2. The molecule has 0 amide bonds. The predicted molar refractivity (Wildman–Crippen MR) is 83.5 cm³/mol. The lowest BCUT2D eigenvalue weighted by Gasteiger charge is -2.08. The summed E-state index contributed by atoms with van der Waals surface area (Å²) in [5.74, 6) is 1.83. The third-order valence-corrected chi connectivity index (χ3v) is 3.95. The molecular formula is C16H16FN3OS. The Hall–Kier alpha value is -2.13. The molecular weight excluding hydrogens is 301 g/mol. The van der Waals surface area contributed by atoms with Crippen molar-refractivity contribution in [3.05, 3.63) is 47.2 Å². The van der Waals surface area contributed by atoms with Gasteiger partial charge in [-0.1, -0.05) is 0 Å². The quantitative estimate of drug-likeness (QED) is 0.462. The van der Waals surface area contributed by atoms with Gasteiger partial charge < -0.3 is 4.74 Å².